The van der Waals surface area contributed by atoms with Gasteiger partial charge in [0.2, 0.25) is 5.91 Å². The van der Waals surface area contributed by atoms with E-state index in [1.165, 1.54) is 18.2 Å². The molecule has 0 unspecified atom stereocenters. The van der Waals surface area contributed by atoms with Gasteiger partial charge in [-0.15, -0.1) is 10.2 Å². The zero-order valence-corrected chi connectivity index (χ0v) is 13.7. The van der Waals surface area contributed by atoms with Gasteiger partial charge >= 0.3 is 0 Å². The number of nitrogens with zero attached hydrogens (tertiary/aromatic N) is 3. The van der Waals surface area contributed by atoms with Crippen LogP contribution in [-0.2, 0) is 11.3 Å². The highest BCUT2D eigenvalue weighted by Gasteiger charge is 2.07. The lowest BCUT2D eigenvalue weighted by atomic mass is 10.2. The smallest absolute Gasteiger partial charge is 0.248 e. The summed E-state index contributed by atoms with van der Waals surface area (Å²) in [4.78, 5) is 12.1. The SMILES string of the molecule is CCn1cnnc1-c1cccc(NC(=O)/C=C/c2ccc(F)cc2)c1. The molecule has 0 aliphatic rings. The molecule has 6 heteroatoms. The van der Waals surface area contributed by atoms with Crippen LogP contribution < -0.4 is 5.32 Å². The Bertz CT molecular complexity index is 900. The Balaban J connectivity index is 1.71. The predicted octanol–water partition coefficient (Wildman–Crippen LogP) is 3.76. The molecule has 2 aromatic carbocycles. The third-order valence-electron chi connectivity index (χ3n) is 3.64. The van der Waals surface area contributed by atoms with Crippen molar-refractivity contribution in [1.29, 1.82) is 0 Å². The molecular formula is C19H17FN4O. The number of aryl methyl sites for hydroxylation is 1. The van der Waals surface area contributed by atoms with E-state index in [-0.39, 0.29) is 11.7 Å². The van der Waals surface area contributed by atoms with E-state index in [1.807, 2.05) is 29.7 Å². The first-order valence-electron chi connectivity index (χ1n) is 7.88. The van der Waals surface area contributed by atoms with Gasteiger partial charge in [0.15, 0.2) is 5.82 Å². The first kappa shape index (κ1) is 16.6. The Morgan fingerprint density at radius 3 is 2.80 bits per heavy atom. The molecule has 0 saturated carbocycles. The van der Waals surface area contributed by atoms with Gasteiger partial charge in [-0.2, -0.15) is 0 Å². The Hall–Kier alpha value is -3.28. The second kappa shape index (κ2) is 7.53. The van der Waals surface area contributed by atoms with Gasteiger partial charge in [0.25, 0.3) is 0 Å². The molecule has 0 aliphatic carbocycles. The van der Waals surface area contributed by atoms with E-state index < -0.39 is 0 Å². The molecule has 0 aliphatic heterocycles. The van der Waals surface area contributed by atoms with Crippen molar-refractivity contribution in [2.24, 2.45) is 0 Å². The van der Waals surface area contributed by atoms with Crippen LogP contribution in [0.3, 0.4) is 0 Å². The number of hydrogen-bond donors (Lipinski definition) is 1. The maximum Gasteiger partial charge on any atom is 0.248 e. The van der Waals surface area contributed by atoms with Gasteiger partial charge < -0.3 is 9.88 Å². The lowest BCUT2D eigenvalue weighted by Gasteiger charge is -2.06. The Morgan fingerprint density at radius 1 is 1.24 bits per heavy atom. The second-order valence-electron chi connectivity index (χ2n) is 5.40. The van der Waals surface area contributed by atoms with Crippen LogP contribution in [0.2, 0.25) is 0 Å². The minimum atomic E-state index is -0.307. The van der Waals surface area contributed by atoms with Crippen molar-refractivity contribution < 1.29 is 9.18 Å². The number of benzene rings is 2. The van der Waals surface area contributed by atoms with Crippen LogP contribution in [0, 0.1) is 5.82 Å². The van der Waals surface area contributed by atoms with Gasteiger partial charge in [-0.3, -0.25) is 4.79 Å². The molecule has 0 radical (unpaired) electrons. The monoisotopic (exact) mass is 336 g/mol. The van der Waals surface area contributed by atoms with Crippen LogP contribution in [0.4, 0.5) is 10.1 Å². The molecular weight excluding hydrogens is 319 g/mol. The molecule has 3 aromatic rings. The highest BCUT2D eigenvalue weighted by Crippen LogP contribution is 2.20. The summed E-state index contributed by atoms with van der Waals surface area (Å²) in [5.74, 6) is 0.178. The topological polar surface area (TPSA) is 59.8 Å². The van der Waals surface area contributed by atoms with Crippen molar-refractivity contribution in [2.75, 3.05) is 5.32 Å². The van der Waals surface area contributed by atoms with Gasteiger partial charge in [-0.25, -0.2) is 4.39 Å². The number of carbonyl (C=O) groups excluding carboxylic acids is 1. The van der Waals surface area contributed by atoms with E-state index in [9.17, 15) is 9.18 Å². The minimum absolute atomic E-state index is 0.265. The van der Waals surface area contributed by atoms with E-state index in [1.54, 1.807) is 30.6 Å². The third-order valence-corrected chi connectivity index (χ3v) is 3.64. The van der Waals surface area contributed by atoms with Crippen molar-refractivity contribution in [3.8, 4) is 11.4 Å². The number of carbonyl (C=O) groups is 1. The third kappa shape index (κ3) is 4.17. The Morgan fingerprint density at radius 2 is 2.04 bits per heavy atom. The van der Waals surface area contributed by atoms with E-state index in [2.05, 4.69) is 15.5 Å². The van der Waals surface area contributed by atoms with E-state index >= 15 is 0 Å². The average Bonchev–Trinajstić information content (AvgIpc) is 3.10. The van der Waals surface area contributed by atoms with Gasteiger partial charge in [-0.05, 0) is 42.8 Å². The molecule has 0 fully saturated rings. The minimum Gasteiger partial charge on any atom is -0.322 e. The molecule has 25 heavy (non-hydrogen) atoms. The summed E-state index contributed by atoms with van der Waals surface area (Å²) in [5, 5.41) is 10.8. The van der Waals surface area contributed by atoms with Gasteiger partial charge in [0.1, 0.15) is 12.1 Å². The van der Waals surface area contributed by atoms with Gasteiger partial charge in [-0.1, -0.05) is 24.3 Å². The maximum absolute atomic E-state index is 12.9. The highest BCUT2D eigenvalue weighted by molar-refractivity contribution is 6.02. The summed E-state index contributed by atoms with van der Waals surface area (Å²) in [6, 6.07) is 13.3. The van der Waals surface area contributed by atoms with Crippen LogP contribution in [-0.4, -0.2) is 20.7 Å². The number of halogens is 1. The fourth-order valence-electron chi connectivity index (χ4n) is 2.38. The molecule has 5 nitrogen and oxygen atoms in total. The second-order valence-corrected chi connectivity index (χ2v) is 5.40. The molecule has 1 aromatic heterocycles. The van der Waals surface area contributed by atoms with E-state index in [4.69, 9.17) is 0 Å². The average molecular weight is 336 g/mol. The number of anilines is 1. The van der Waals surface area contributed by atoms with Crippen LogP contribution >= 0.6 is 0 Å². The van der Waals surface area contributed by atoms with Crippen molar-refractivity contribution in [3.05, 3.63) is 72.3 Å². The summed E-state index contributed by atoms with van der Waals surface area (Å²) < 4.78 is 14.8. The standard InChI is InChI=1S/C19H17FN4O/c1-2-24-13-21-23-19(24)15-4-3-5-17(12-15)22-18(25)11-8-14-6-9-16(20)10-7-14/h3-13H,2H2,1H3,(H,22,25)/b11-8+. The normalized spacial score (nSPS) is 11.0. The molecule has 1 N–H and O–H groups in total. The van der Waals surface area contributed by atoms with Crippen LogP contribution in [0.1, 0.15) is 12.5 Å². The van der Waals surface area contributed by atoms with Crippen LogP contribution in [0.25, 0.3) is 17.5 Å². The molecule has 1 amide bonds. The van der Waals surface area contributed by atoms with Gasteiger partial charge in [0.05, 0.1) is 0 Å². The van der Waals surface area contributed by atoms with Crippen molar-refractivity contribution in [1.82, 2.24) is 14.8 Å². The lowest BCUT2D eigenvalue weighted by molar-refractivity contribution is -0.111. The van der Waals surface area contributed by atoms with Crippen LogP contribution in [0.5, 0.6) is 0 Å². The lowest BCUT2D eigenvalue weighted by Crippen LogP contribution is -2.07. The number of rotatable bonds is 5. The van der Waals surface area contributed by atoms with E-state index in [0.717, 1.165) is 23.5 Å². The summed E-state index contributed by atoms with van der Waals surface area (Å²) in [7, 11) is 0. The molecule has 0 saturated heterocycles. The molecule has 0 bridgehead atoms. The summed E-state index contributed by atoms with van der Waals surface area (Å²) in [5.41, 5.74) is 2.29. The summed E-state index contributed by atoms with van der Waals surface area (Å²) in [6.45, 7) is 2.78. The molecule has 126 valence electrons. The largest absolute Gasteiger partial charge is 0.322 e. The first-order valence-corrected chi connectivity index (χ1v) is 7.88. The number of hydrogen-bond acceptors (Lipinski definition) is 3. The molecule has 3 rings (SSSR count). The predicted molar refractivity (Wildman–Crippen MR) is 95.2 cm³/mol. The zero-order chi connectivity index (χ0) is 17.6. The quantitative estimate of drug-likeness (QED) is 0.722. The van der Waals surface area contributed by atoms with Crippen molar-refractivity contribution >= 4 is 17.7 Å². The van der Waals surface area contributed by atoms with E-state index in [0.29, 0.717) is 5.69 Å². The Labute approximate surface area is 144 Å². The Kier molecular flexibility index (Phi) is 4.99. The summed E-state index contributed by atoms with van der Waals surface area (Å²) >= 11 is 0. The molecule has 1 heterocycles. The van der Waals surface area contributed by atoms with Gasteiger partial charge in [0, 0.05) is 23.9 Å². The zero-order valence-electron chi connectivity index (χ0n) is 13.7. The number of nitrogens with one attached hydrogen (secondary N) is 1. The first-order chi connectivity index (χ1) is 12.2. The van der Waals surface area contributed by atoms with Crippen molar-refractivity contribution in [3.63, 3.8) is 0 Å². The summed E-state index contributed by atoms with van der Waals surface area (Å²) in [6.07, 6.45) is 4.72. The fourth-order valence-corrected chi connectivity index (χ4v) is 2.38. The number of aromatic nitrogens is 3. The van der Waals surface area contributed by atoms with Crippen LogP contribution in [0.15, 0.2) is 60.9 Å². The highest BCUT2D eigenvalue weighted by atomic mass is 19.1. The number of amides is 1. The molecule has 0 atom stereocenters. The maximum atomic E-state index is 12.9. The fraction of sp³-hybridized carbons (Fsp3) is 0.105. The molecule has 0 spiro atoms. The van der Waals surface area contributed by atoms with Crippen molar-refractivity contribution in [2.45, 2.75) is 13.5 Å².